The molecule has 1 amide bonds. The molecule has 0 aromatic carbocycles. The van der Waals surface area contributed by atoms with E-state index < -0.39 is 5.60 Å². The predicted molar refractivity (Wildman–Crippen MR) is 71.3 cm³/mol. The fraction of sp³-hybridized carbons (Fsp3) is 0.929. The van der Waals surface area contributed by atoms with E-state index in [-0.39, 0.29) is 11.4 Å². The highest BCUT2D eigenvalue weighted by molar-refractivity contribution is 5.86. The number of nitrogens with one attached hydrogen (secondary N) is 1. The molecular weight excluding hydrogens is 228 g/mol. The molecule has 0 spiro atoms. The van der Waals surface area contributed by atoms with E-state index in [1.807, 2.05) is 7.05 Å². The average Bonchev–Trinajstić information content (AvgIpc) is 2.98. The molecule has 1 unspecified atom stereocenters. The van der Waals surface area contributed by atoms with E-state index in [0.29, 0.717) is 6.54 Å². The summed E-state index contributed by atoms with van der Waals surface area (Å²) < 4.78 is 0. The normalized spacial score (nSPS) is 30.6. The summed E-state index contributed by atoms with van der Waals surface area (Å²) in [5, 5.41) is 13.8. The van der Waals surface area contributed by atoms with Crippen molar-refractivity contribution in [1.29, 1.82) is 0 Å². The Balaban J connectivity index is 1.99. The largest absolute Gasteiger partial charge is 0.388 e. The molecule has 2 aliphatic rings. The second-order valence-corrected chi connectivity index (χ2v) is 6.06. The van der Waals surface area contributed by atoms with Crippen molar-refractivity contribution in [3.63, 3.8) is 0 Å². The summed E-state index contributed by atoms with van der Waals surface area (Å²) in [6.07, 6.45) is 6.64. The lowest BCUT2D eigenvalue weighted by Gasteiger charge is -2.35. The van der Waals surface area contributed by atoms with Crippen molar-refractivity contribution in [2.24, 2.45) is 0 Å². The van der Waals surface area contributed by atoms with Crippen LogP contribution >= 0.6 is 0 Å². The fourth-order valence-corrected chi connectivity index (χ4v) is 3.51. The van der Waals surface area contributed by atoms with Crippen LogP contribution in [0.1, 0.15) is 51.9 Å². The van der Waals surface area contributed by atoms with Gasteiger partial charge in [0.15, 0.2) is 0 Å². The highest BCUT2D eigenvalue weighted by atomic mass is 16.3. The minimum absolute atomic E-state index is 0.155. The summed E-state index contributed by atoms with van der Waals surface area (Å²) >= 11 is 0. The number of hydrogen-bond acceptors (Lipinski definition) is 3. The molecule has 1 saturated heterocycles. The van der Waals surface area contributed by atoms with Gasteiger partial charge in [-0.1, -0.05) is 19.8 Å². The summed E-state index contributed by atoms with van der Waals surface area (Å²) in [6, 6.07) is 0. The van der Waals surface area contributed by atoms with E-state index in [2.05, 4.69) is 12.2 Å². The maximum absolute atomic E-state index is 12.6. The Bertz CT molecular complexity index is 305. The zero-order valence-electron chi connectivity index (χ0n) is 11.7. The Morgan fingerprint density at radius 3 is 2.44 bits per heavy atom. The van der Waals surface area contributed by atoms with Gasteiger partial charge >= 0.3 is 0 Å². The molecule has 0 aromatic rings. The molecule has 0 bridgehead atoms. The van der Waals surface area contributed by atoms with Gasteiger partial charge in [-0.15, -0.1) is 0 Å². The second kappa shape index (κ2) is 5.17. The van der Waals surface area contributed by atoms with E-state index in [4.69, 9.17) is 0 Å². The summed E-state index contributed by atoms with van der Waals surface area (Å²) in [7, 11) is 1.83. The molecule has 1 aliphatic heterocycles. The van der Waals surface area contributed by atoms with Crippen LogP contribution in [0.25, 0.3) is 0 Å². The van der Waals surface area contributed by atoms with Gasteiger partial charge in [0, 0.05) is 13.6 Å². The number of rotatable bonds is 4. The first-order valence-corrected chi connectivity index (χ1v) is 7.24. The topological polar surface area (TPSA) is 52.6 Å². The highest BCUT2D eigenvalue weighted by Crippen LogP contribution is 2.31. The van der Waals surface area contributed by atoms with Crippen molar-refractivity contribution in [3.05, 3.63) is 0 Å². The van der Waals surface area contributed by atoms with Gasteiger partial charge < -0.3 is 15.3 Å². The smallest absolute Gasteiger partial charge is 0.242 e. The van der Waals surface area contributed by atoms with E-state index >= 15 is 0 Å². The number of nitrogens with zero attached hydrogens (tertiary/aromatic N) is 1. The van der Waals surface area contributed by atoms with E-state index in [1.165, 1.54) is 0 Å². The Morgan fingerprint density at radius 1 is 1.28 bits per heavy atom. The lowest BCUT2D eigenvalue weighted by molar-refractivity contribution is -0.140. The van der Waals surface area contributed by atoms with Gasteiger partial charge in [0.25, 0.3) is 0 Å². The first kappa shape index (κ1) is 13.8. The van der Waals surface area contributed by atoms with Gasteiger partial charge in [-0.3, -0.25) is 4.79 Å². The zero-order valence-corrected chi connectivity index (χ0v) is 11.7. The van der Waals surface area contributed by atoms with Gasteiger partial charge in [0.05, 0.1) is 11.1 Å². The second-order valence-electron chi connectivity index (χ2n) is 6.06. The van der Waals surface area contributed by atoms with Crippen LogP contribution in [-0.2, 0) is 4.79 Å². The Hall–Kier alpha value is -0.610. The molecule has 0 aromatic heterocycles. The third-order valence-electron chi connectivity index (χ3n) is 4.67. The molecule has 2 N–H and O–H groups in total. The number of likely N-dealkylation sites (N-methyl/N-ethyl adjacent to an activating group) is 1. The van der Waals surface area contributed by atoms with E-state index in [0.717, 1.165) is 51.5 Å². The number of carbonyl (C=O) groups excluding carboxylic acids is 1. The molecular formula is C14H26N2O2. The lowest BCUT2D eigenvalue weighted by Crippen LogP contribution is -2.56. The molecule has 2 fully saturated rings. The molecule has 4 nitrogen and oxygen atoms in total. The molecule has 1 atom stereocenters. The minimum Gasteiger partial charge on any atom is -0.388 e. The first-order valence-electron chi connectivity index (χ1n) is 7.24. The number of carbonyl (C=O) groups is 1. The minimum atomic E-state index is -0.641. The highest BCUT2D eigenvalue weighted by Gasteiger charge is 2.43. The average molecular weight is 254 g/mol. The number of hydrogen-bond donors (Lipinski definition) is 2. The quantitative estimate of drug-likeness (QED) is 0.794. The third-order valence-corrected chi connectivity index (χ3v) is 4.67. The predicted octanol–water partition coefficient (Wildman–Crippen LogP) is 1.28. The van der Waals surface area contributed by atoms with Gasteiger partial charge in [-0.05, 0) is 38.6 Å². The van der Waals surface area contributed by atoms with Crippen molar-refractivity contribution in [2.75, 3.05) is 20.1 Å². The molecule has 1 saturated carbocycles. The standard InChI is InChI=1S/C14H26N2O2/c1-3-14(9-6-10-15-14)12(17)16(2)11-13(18)7-4-5-8-13/h15,18H,3-11H2,1-2H3. The maximum Gasteiger partial charge on any atom is 0.242 e. The van der Waals surface area contributed by atoms with Crippen LogP contribution in [0.4, 0.5) is 0 Å². The zero-order chi connectivity index (χ0) is 13.2. The fourth-order valence-electron chi connectivity index (χ4n) is 3.51. The molecule has 18 heavy (non-hydrogen) atoms. The third kappa shape index (κ3) is 2.54. The van der Waals surface area contributed by atoms with Gasteiger partial charge in [0.1, 0.15) is 0 Å². The summed E-state index contributed by atoms with van der Waals surface area (Å²) in [6.45, 7) is 3.47. The van der Waals surface area contributed by atoms with E-state index in [1.54, 1.807) is 4.90 Å². The van der Waals surface area contributed by atoms with Crippen LogP contribution in [0.2, 0.25) is 0 Å². The Kier molecular flexibility index (Phi) is 3.97. The van der Waals surface area contributed by atoms with Crippen molar-refractivity contribution in [3.8, 4) is 0 Å². The summed E-state index contributed by atoms with van der Waals surface area (Å²) in [4.78, 5) is 14.3. The lowest BCUT2D eigenvalue weighted by atomic mass is 9.91. The molecule has 1 heterocycles. The van der Waals surface area contributed by atoms with Crippen LogP contribution in [0.3, 0.4) is 0 Å². The van der Waals surface area contributed by atoms with Crippen LogP contribution in [-0.4, -0.2) is 47.2 Å². The monoisotopic (exact) mass is 254 g/mol. The van der Waals surface area contributed by atoms with Crippen molar-refractivity contribution in [1.82, 2.24) is 10.2 Å². The van der Waals surface area contributed by atoms with Crippen LogP contribution < -0.4 is 5.32 Å². The Labute approximate surface area is 110 Å². The van der Waals surface area contributed by atoms with Gasteiger partial charge in [-0.25, -0.2) is 0 Å². The van der Waals surface area contributed by atoms with Crippen molar-refractivity contribution < 1.29 is 9.90 Å². The van der Waals surface area contributed by atoms with Crippen molar-refractivity contribution in [2.45, 2.75) is 63.0 Å². The number of amides is 1. The van der Waals surface area contributed by atoms with Gasteiger partial charge in [0.2, 0.25) is 5.91 Å². The molecule has 2 rings (SSSR count). The molecule has 4 heteroatoms. The summed E-state index contributed by atoms with van der Waals surface area (Å²) in [5.74, 6) is 0.155. The first-order chi connectivity index (χ1) is 8.51. The number of aliphatic hydroxyl groups is 1. The SMILES string of the molecule is CCC1(C(=O)N(C)CC2(O)CCCC2)CCCN1. The van der Waals surface area contributed by atoms with E-state index in [9.17, 15) is 9.90 Å². The van der Waals surface area contributed by atoms with Crippen LogP contribution in [0, 0.1) is 0 Å². The van der Waals surface area contributed by atoms with Crippen molar-refractivity contribution >= 4 is 5.91 Å². The summed E-state index contributed by atoms with van der Waals surface area (Å²) in [5.41, 5.74) is -1.01. The van der Waals surface area contributed by atoms with Crippen LogP contribution in [0.15, 0.2) is 0 Å². The van der Waals surface area contributed by atoms with Crippen LogP contribution in [0.5, 0.6) is 0 Å². The molecule has 0 radical (unpaired) electrons. The molecule has 1 aliphatic carbocycles. The van der Waals surface area contributed by atoms with Gasteiger partial charge in [-0.2, -0.15) is 0 Å². The maximum atomic E-state index is 12.6. The molecule has 104 valence electrons. The Morgan fingerprint density at radius 2 is 1.94 bits per heavy atom.